The third-order valence-corrected chi connectivity index (χ3v) is 2.61. The first-order valence-corrected chi connectivity index (χ1v) is 5.49. The highest BCUT2D eigenvalue weighted by molar-refractivity contribution is 5.51. The molecule has 0 saturated carbocycles. The molecule has 1 N–H and O–H groups in total. The van der Waals surface area contributed by atoms with Gasteiger partial charge in [0.05, 0.1) is 0 Å². The van der Waals surface area contributed by atoms with Gasteiger partial charge in [0, 0.05) is 39.1 Å². The van der Waals surface area contributed by atoms with Crippen LogP contribution in [0.3, 0.4) is 0 Å². The standard InChI is InChI=1S/C12H14N6/c1-17(7-10-3-4-14-6-10)11-5-12(16-9-15-11)18(2)8-13/h3-6,9,14H,7H2,1-2H3. The fourth-order valence-electron chi connectivity index (χ4n) is 1.59. The quantitative estimate of drug-likeness (QED) is 0.647. The van der Waals surface area contributed by atoms with Crippen LogP contribution >= 0.6 is 0 Å². The van der Waals surface area contributed by atoms with Crippen molar-refractivity contribution in [1.29, 1.82) is 5.26 Å². The molecule has 2 aromatic heterocycles. The first-order chi connectivity index (χ1) is 8.70. The molecule has 0 radical (unpaired) electrons. The smallest absolute Gasteiger partial charge is 0.185 e. The van der Waals surface area contributed by atoms with Gasteiger partial charge < -0.3 is 9.88 Å². The maximum Gasteiger partial charge on any atom is 0.185 e. The van der Waals surface area contributed by atoms with Gasteiger partial charge >= 0.3 is 0 Å². The Kier molecular flexibility index (Phi) is 3.44. The molecular weight excluding hydrogens is 228 g/mol. The Labute approximate surface area is 106 Å². The molecule has 2 rings (SSSR count). The third kappa shape index (κ3) is 2.58. The maximum absolute atomic E-state index is 8.82. The van der Waals surface area contributed by atoms with Gasteiger partial charge in [0.15, 0.2) is 6.19 Å². The summed E-state index contributed by atoms with van der Waals surface area (Å²) in [5.74, 6) is 1.37. The second-order valence-electron chi connectivity index (χ2n) is 3.97. The van der Waals surface area contributed by atoms with Crippen molar-refractivity contribution in [3.8, 4) is 6.19 Å². The van der Waals surface area contributed by atoms with Crippen LogP contribution in [0, 0.1) is 11.5 Å². The molecule has 0 spiro atoms. The lowest BCUT2D eigenvalue weighted by molar-refractivity contribution is 0.890. The van der Waals surface area contributed by atoms with Crippen LogP contribution < -0.4 is 9.80 Å². The van der Waals surface area contributed by atoms with Gasteiger partial charge in [-0.15, -0.1) is 0 Å². The van der Waals surface area contributed by atoms with Crippen molar-refractivity contribution >= 4 is 11.6 Å². The normalized spacial score (nSPS) is 9.83. The van der Waals surface area contributed by atoms with Crippen LogP contribution in [-0.2, 0) is 6.54 Å². The zero-order valence-electron chi connectivity index (χ0n) is 10.3. The SMILES string of the molecule is CN(C#N)c1cc(N(C)Cc2cc[nH]c2)ncn1. The lowest BCUT2D eigenvalue weighted by Crippen LogP contribution is -2.18. The first kappa shape index (κ1) is 11.9. The topological polar surface area (TPSA) is 71.8 Å². The zero-order chi connectivity index (χ0) is 13.0. The van der Waals surface area contributed by atoms with Gasteiger partial charge in [-0.1, -0.05) is 0 Å². The summed E-state index contributed by atoms with van der Waals surface area (Å²) in [4.78, 5) is 14.7. The molecule has 2 aromatic rings. The highest BCUT2D eigenvalue weighted by atomic mass is 15.2. The van der Waals surface area contributed by atoms with E-state index in [1.54, 1.807) is 13.1 Å². The molecule has 0 aromatic carbocycles. The van der Waals surface area contributed by atoms with Crippen molar-refractivity contribution in [3.63, 3.8) is 0 Å². The van der Waals surface area contributed by atoms with E-state index in [2.05, 4.69) is 15.0 Å². The van der Waals surface area contributed by atoms with Gasteiger partial charge in [-0.05, 0) is 11.6 Å². The molecule has 18 heavy (non-hydrogen) atoms. The Morgan fingerprint density at radius 2 is 2.11 bits per heavy atom. The average molecular weight is 242 g/mol. The molecule has 0 bridgehead atoms. The van der Waals surface area contributed by atoms with E-state index in [9.17, 15) is 0 Å². The summed E-state index contributed by atoms with van der Waals surface area (Å²) >= 11 is 0. The first-order valence-electron chi connectivity index (χ1n) is 5.49. The van der Waals surface area contributed by atoms with Gasteiger partial charge in [0.1, 0.15) is 18.0 Å². The van der Waals surface area contributed by atoms with Crippen LogP contribution in [0.1, 0.15) is 5.56 Å². The van der Waals surface area contributed by atoms with Crippen molar-refractivity contribution < 1.29 is 0 Å². The molecule has 0 fully saturated rings. The number of nitriles is 1. The van der Waals surface area contributed by atoms with E-state index in [0.29, 0.717) is 5.82 Å². The van der Waals surface area contributed by atoms with Crippen LogP contribution in [0.2, 0.25) is 0 Å². The predicted octanol–water partition coefficient (Wildman–Crippen LogP) is 1.36. The van der Waals surface area contributed by atoms with E-state index in [1.165, 1.54) is 16.8 Å². The average Bonchev–Trinajstić information content (AvgIpc) is 2.90. The lowest BCUT2D eigenvalue weighted by atomic mass is 10.3. The summed E-state index contributed by atoms with van der Waals surface area (Å²) in [5.41, 5.74) is 1.17. The fourth-order valence-corrected chi connectivity index (χ4v) is 1.59. The molecule has 6 nitrogen and oxygen atoms in total. The third-order valence-electron chi connectivity index (χ3n) is 2.61. The van der Waals surface area contributed by atoms with Crippen LogP contribution in [0.4, 0.5) is 11.6 Å². The Morgan fingerprint density at radius 3 is 2.78 bits per heavy atom. The summed E-state index contributed by atoms with van der Waals surface area (Å²) in [7, 11) is 3.61. The van der Waals surface area contributed by atoms with Crippen LogP contribution in [-0.4, -0.2) is 29.0 Å². The van der Waals surface area contributed by atoms with E-state index in [4.69, 9.17) is 5.26 Å². The number of rotatable bonds is 4. The fraction of sp³-hybridized carbons (Fsp3) is 0.250. The number of aromatic amines is 1. The van der Waals surface area contributed by atoms with Crippen molar-refractivity contribution in [3.05, 3.63) is 36.4 Å². The van der Waals surface area contributed by atoms with Gasteiger partial charge in [0.2, 0.25) is 0 Å². The van der Waals surface area contributed by atoms with E-state index in [0.717, 1.165) is 12.4 Å². The van der Waals surface area contributed by atoms with E-state index < -0.39 is 0 Å². The van der Waals surface area contributed by atoms with E-state index in [1.807, 2.05) is 36.6 Å². The number of anilines is 2. The molecule has 6 heteroatoms. The molecule has 0 saturated heterocycles. The van der Waals surface area contributed by atoms with Gasteiger partial charge in [-0.3, -0.25) is 4.90 Å². The van der Waals surface area contributed by atoms with Crippen molar-refractivity contribution in [2.45, 2.75) is 6.54 Å². The Balaban J connectivity index is 2.15. The highest BCUT2D eigenvalue weighted by Crippen LogP contribution is 2.16. The molecule has 2 heterocycles. The molecule has 92 valence electrons. The minimum atomic E-state index is 0.586. The summed E-state index contributed by atoms with van der Waals surface area (Å²) in [6, 6.07) is 3.80. The van der Waals surface area contributed by atoms with Gasteiger partial charge in [-0.25, -0.2) is 9.97 Å². The second kappa shape index (κ2) is 5.19. The van der Waals surface area contributed by atoms with E-state index >= 15 is 0 Å². The van der Waals surface area contributed by atoms with Crippen molar-refractivity contribution in [2.24, 2.45) is 0 Å². The molecule has 0 atom stereocenters. The number of nitrogens with zero attached hydrogens (tertiary/aromatic N) is 5. The summed E-state index contributed by atoms with van der Waals surface area (Å²) < 4.78 is 0. The summed E-state index contributed by atoms with van der Waals surface area (Å²) in [6.07, 6.45) is 7.31. The Hall–Kier alpha value is -2.55. The number of nitrogens with one attached hydrogen (secondary N) is 1. The maximum atomic E-state index is 8.82. The second-order valence-corrected chi connectivity index (χ2v) is 3.97. The lowest BCUT2D eigenvalue weighted by Gasteiger charge is -2.18. The van der Waals surface area contributed by atoms with E-state index in [-0.39, 0.29) is 0 Å². The van der Waals surface area contributed by atoms with Crippen molar-refractivity contribution in [1.82, 2.24) is 15.0 Å². The summed E-state index contributed by atoms with van der Waals surface area (Å²) in [6.45, 7) is 0.746. The highest BCUT2D eigenvalue weighted by Gasteiger charge is 2.07. The zero-order valence-corrected chi connectivity index (χ0v) is 10.3. The van der Waals surface area contributed by atoms with Gasteiger partial charge in [-0.2, -0.15) is 5.26 Å². The Bertz CT molecular complexity index is 542. The van der Waals surface area contributed by atoms with Crippen LogP contribution in [0.25, 0.3) is 0 Å². The summed E-state index contributed by atoms with van der Waals surface area (Å²) in [5, 5.41) is 8.82. The van der Waals surface area contributed by atoms with Crippen LogP contribution in [0.15, 0.2) is 30.9 Å². The minimum Gasteiger partial charge on any atom is -0.367 e. The monoisotopic (exact) mass is 242 g/mol. The van der Waals surface area contributed by atoms with Crippen molar-refractivity contribution in [2.75, 3.05) is 23.9 Å². The molecule has 0 unspecified atom stereocenters. The Morgan fingerprint density at radius 1 is 1.33 bits per heavy atom. The molecule has 0 aliphatic heterocycles. The predicted molar refractivity (Wildman–Crippen MR) is 68.9 cm³/mol. The van der Waals surface area contributed by atoms with Crippen LogP contribution in [0.5, 0.6) is 0 Å². The molecule has 0 amide bonds. The number of aromatic nitrogens is 3. The molecular formula is C12H14N6. The number of hydrogen-bond acceptors (Lipinski definition) is 5. The van der Waals surface area contributed by atoms with Gasteiger partial charge in [0.25, 0.3) is 0 Å². The number of H-pyrrole nitrogens is 1. The largest absolute Gasteiger partial charge is 0.367 e. The molecule has 0 aliphatic carbocycles. The molecule has 0 aliphatic rings. The minimum absolute atomic E-state index is 0.586. The number of hydrogen-bond donors (Lipinski definition) is 1.